The van der Waals surface area contributed by atoms with Gasteiger partial charge in [0.2, 0.25) is 5.91 Å². The van der Waals surface area contributed by atoms with Crippen molar-refractivity contribution in [1.82, 2.24) is 10.2 Å². The fourth-order valence-corrected chi connectivity index (χ4v) is 3.66. The summed E-state index contributed by atoms with van der Waals surface area (Å²) in [5, 5.41) is 2.31. The molecule has 2 amide bonds. The fraction of sp³-hybridized carbons (Fsp3) is 0.833. The fourth-order valence-electron chi connectivity index (χ4n) is 3.66. The van der Waals surface area contributed by atoms with Gasteiger partial charge in [-0.05, 0) is 18.8 Å². The van der Waals surface area contributed by atoms with Crippen molar-refractivity contribution >= 4 is 12.0 Å². The number of amides is 2. The lowest BCUT2D eigenvalue weighted by Crippen LogP contribution is -2.47. The van der Waals surface area contributed by atoms with E-state index in [1.807, 2.05) is 0 Å². The molecule has 0 spiro atoms. The van der Waals surface area contributed by atoms with E-state index in [0.29, 0.717) is 12.8 Å². The zero-order valence-corrected chi connectivity index (χ0v) is 10.7. The number of rotatable bonds is 1. The van der Waals surface area contributed by atoms with Gasteiger partial charge in [-0.2, -0.15) is 13.2 Å². The number of nitrogens with zero attached hydrogens (tertiary/aromatic N) is 1. The van der Waals surface area contributed by atoms with Gasteiger partial charge in [-0.15, -0.1) is 0 Å². The first kappa shape index (κ1) is 13.5. The van der Waals surface area contributed by atoms with Crippen molar-refractivity contribution in [3.63, 3.8) is 0 Å². The molecule has 0 radical (unpaired) electrons. The molecule has 112 valence electrons. The Bertz CT molecular complexity index is 454. The first-order chi connectivity index (χ1) is 9.33. The predicted molar refractivity (Wildman–Crippen MR) is 60.7 cm³/mol. The number of likely N-dealkylation sites (tertiary alicyclic amines) is 1. The minimum absolute atomic E-state index is 0.0818. The summed E-state index contributed by atoms with van der Waals surface area (Å²) in [6.07, 6.45) is -3.86. The molecule has 3 atom stereocenters. The van der Waals surface area contributed by atoms with Crippen LogP contribution in [-0.4, -0.2) is 48.8 Å². The number of hydrogen-bond acceptors (Lipinski definition) is 3. The van der Waals surface area contributed by atoms with E-state index in [1.54, 1.807) is 0 Å². The maximum Gasteiger partial charge on any atom is 0.407 e. The van der Waals surface area contributed by atoms with Crippen molar-refractivity contribution < 1.29 is 27.5 Å². The number of carbonyl (C=O) groups is 2. The number of carbonyl (C=O) groups excluding carboxylic acids is 2. The third kappa shape index (κ3) is 1.84. The van der Waals surface area contributed by atoms with E-state index in [9.17, 15) is 22.8 Å². The van der Waals surface area contributed by atoms with Gasteiger partial charge in [-0.1, -0.05) is 6.42 Å². The molecule has 0 bridgehead atoms. The van der Waals surface area contributed by atoms with Crippen molar-refractivity contribution in [2.45, 2.75) is 31.5 Å². The third-order valence-electron chi connectivity index (χ3n) is 4.72. The highest BCUT2D eigenvalue weighted by Crippen LogP contribution is 2.57. The van der Waals surface area contributed by atoms with Crippen LogP contribution in [0, 0.1) is 11.3 Å². The lowest BCUT2D eigenvalue weighted by Gasteiger charge is -2.31. The molecule has 0 aromatic rings. The number of cyclic esters (lactones) is 1. The average Bonchev–Trinajstić information content (AvgIpc) is 2.98. The number of nitrogens with one attached hydrogen (secondary N) is 1. The largest absolute Gasteiger partial charge is 0.447 e. The monoisotopic (exact) mass is 292 g/mol. The van der Waals surface area contributed by atoms with Gasteiger partial charge in [0.05, 0.1) is 5.41 Å². The first-order valence-electron chi connectivity index (χ1n) is 6.62. The van der Waals surface area contributed by atoms with Crippen LogP contribution in [0.1, 0.15) is 19.3 Å². The van der Waals surface area contributed by atoms with Crippen LogP contribution in [0.4, 0.5) is 18.0 Å². The minimum Gasteiger partial charge on any atom is -0.447 e. The van der Waals surface area contributed by atoms with Gasteiger partial charge in [0, 0.05) is 13.1 Å². The molecule has 2 heterocycles. The topological polar surface area (TPSA) is 58.6 Å². The summed E-state index contributed by atoms with van der Waals surface area (Å²) in [5.41, 5.74) is -1.76. The van der Waals surface area contributed by atoms with E-state index < -0.39 is 35.6 Å². The van der Waals surface area contributed by atoms with E-state index in [4.69, 9.17) is 0 Å². The minimum atomic E-state index is -4.29. The number of alkyl halides is 3. The Labute approximate surface area is 113 Å². The Morgan fingerprint density at radius 3 is 2.75 bits per heavy atom. The highest BCUT2D eigenvalue weighted by Gasteiger charge is 2.65. The molecule has 3 aliphatic rings. The van der Waals surface area contributed by atoms with E-state index >= 15 is 0 Å². The van der Waals surface area contributed by atoms with Crippen LogP contribution in [0.5, 0.6) is 0 Å². The van der Waals surface area contributed by atoms with Crippen LogP contribution in [-0.2, 0) is 9.53 Å². The zero-order chi connectivity index (χ0) is 14.5. The molecule has 1 saturated carbocycles. The van der Waals surface area contributed by atoms with Gasteiger partial charge in [0.1, 0.15) is 12.6 Å². The average molecular weight is 292 g/mol. The molecule has 2 saturated heterocycles. The van der Waals surface area contributed by atoms with Gasteiger partial charge in [-0.3, -0.25) is 4.79 Å². The molecule has 1 N–H and O–H groups in total. The van der Waals surface area contributed by atoms with E-state index in [-0.39, 0.29) is 26.1 Å². The summed E-state index contributed by atoms with van der Waals surface area (Å²) >= 11 is 0. The van der Waals surface area contributed by atoms with Crippen molar-refractivity contribution in [1.29, 1.82) is 0 Å². The molecule has 2 aliphatic heterocycles. The quantitative estimate of drug-likeness (QED) is 0.792. The maximum atomic E-state index is 13.4. The predicted octanol–water partition coefficient (Wildman–Crippen LogP) is 1.29. The molecule has 1 unspecified atom stereocenters. The number of alkyl carbamates (subject to hydrolysis) is 1. The Morgan fingerprint density at radius 2 is 2.20 bits per heavy atom. The first-order valence-corrected chi connectivity index (χ1v) is 6.62. The van der Waals surface area contributed by atoms with Crippen molar-refractivity contribution in [3.8, 4) is 0 Å². The second kappa shape index (κ2) is 4.26. The van der Waals surface area contributed by atoms with Crippen LogP contribution in [0.15, 0.2) is 0 Å². The highest BCUT2D eigenvalue weighted by molar-refractivity contribution is 5.88. The molecular weight excluding hydrogens is 277 g/mol. The van der Waals surface area contributed by atoms with Crippen LogP contribution in [0.3, 0.4) is 0 Å². The second-order valence-electron chi connectivity index (χ2n) is 5.76. The van der Waals surface area contributed by atoms with Gasteiger partial charge in [0.25, 0.3) is 0 Å². The van der Waals surface area contributed by atoms with E-state index in [0.717, 1.165) is 0 Å². The SMILES string of the molecule is O=C1NC(C(=O)N2C[C@@H]3CCC[C@]3(C(F)(F)F)C2)CO1. The van der Waals surface area contributed by atoms with Crippen molar-refractivity contribution in [2.75, 3.05) is 19.7 Å². The smallest absolute Gasteiger partial charge is 0.407 e. The molecule has 5 nitrogen and oxygen atoms in total. The van der Waals surface area contributed by atoms with Gasteiger partial charge < -0.3 is 15.0 Å². The lowest BCUT2D eigenvalue weighted by atomic mass is 9.80. The summed E-state index contributed by atoms with van der Waals surface area (Å²) in [6.45, 7) is -0.297. The van der Waals surface area contributed by atoms with Gasteiger partial charge in [-0.25, -0.2) is 4.79 Å². The van der Waals surface area contributed by atoms with Crippen LogP contribution < -0.4 is 5.32 Å². The van der Waals surface area contributed by atoms with Crippen molar-refractivity contribution in [2.24, 2.45) is 11.3 Å². The Hall–Kier alpha value is -1.47. The summed E-state index contributed by atoms with van der Waals surface area (Å²) < 4.78 is 44.7. The normalized spacial score (nSPS) is 36.8. The highest BCUT2D eigenvalue weighted by atomic mass is 19.4. The third-order valence-corrected chi connectivity index (χ3v) is 4.72. The number of fused-ring (bicyclic) bond motifs is 1. The van der Waals surface area contributed by atoms with Crippen LogP contribution in [0.2, 0.25) is 0 Å². The molecule has 0 aromatic carbocycles. The summed E-state index contributed by atoms with van der Waals surface area (Å²) in [6, 6.07) is -0.855. The maximum absolute atomic E-state index is 13.4. The van der Waals surface area contributed by atoms with Crippen molar-refractivity contribution in [3.05, 3.63) is 0 Å². The van der Waals surface area contributed by atoms with E-state index in [1.165, 1.54) is 4.90 Å². The van der Waals surface area contributed by atoms with Gasteiger partial charge >= 0.3 is 12.3 Å². The summed E-state index contributed by atoms with van der Waals surface area (Å²) in [4.78, 5) is 24.3. The standard InChI is InChI=1S/C12H15F3N2O3/c13-12(14,15)11-3-1-2-7(11)4-17(6-11)9(18)8-5-20-10(19)16-8/h7-8H,1-6H2,(H,16,19)/t7-,8?,11-/m0/s1. The Kier molecular flexibility index (Phi) is 2.88. The summed E-state index contributed by atoms with van der Waals surface area (Å²) in [7, 11) is 0. The number of halogens is 3. The zero-order valence-electron chi connectivity index (χ0n) is 10.7. The Morgan fingerprint density at radius 1 is 1.45 bits per heavy atom. The molecule has 3 rings (SSSR count). The van der Waals surface area contributed by atoms with Crippen LogP contribution in [0.25, 0.3) is 0 Å². The second-order valence-corrected chi connectivity index (χ2v) is 5.76. The number of hydrogen-bond donors (Lipinski definition) is 1. The number of ether oxygens (including phenoxy) is 1. The van der Waals surface area contributed by atoms with E-state index in [2.05, 4.69) is 10.1 Å². The molecule has 0 aromatic heterocycles. The van der Waals surface area contributed by atoms with Crippen LogP contribution >= 0.6 is 0 Å². The lowest BCUT2D eigenvalue weighted by molar-refractivity contribution is -0.226. The molecule has 20 heavy (non-hydrogen) atoms. The molecule has 8 heteroatoms. The molecule has 1 aliphatic carbocycles. The molecular formula is C12H15F3N2O3. The summed E-state index contributed by atoms with van der Waals surface area (Å²) in [5.74, 6) is -1.00. The Balaban J connectivity index is 1.76. The van der Waals surface area contributed by atoms with Gasteiger partial charge in [0.15, 0.2) is 0 Å². The molecule has 3 fully saturated rings.